The summed E-state index contributed by atoms with van der Waals surface area (Å²) in [5.41, 5.74) is 1.05. The highest BCUT2D eigenvalue weighted by Gasteiger charge is 2.20. The van der Waals surface area contributed by atoms with Crippen LogP contribution in [-0.4, -0.2) is 73.8 Å². The minimum atomic E-state index is 0.520. The van der Waals surface area contributed by atoms with Crippen LogP contribution in [0.3, 0.4) is 0 Å². The second kappa shape index (κ2) is 11.2. The molecule has 1 aromatic heterocycles. The third-order valence-corrected chi connectivity index (χ3v) is 4.70. The van der Waals surface area contributed by atoms with Gasteiger partial charge in [-0.25, -0.2) is 9.97 Å². The monoisotopic (exact) mass is 398 g/mol. The maximum atomic E-state index is 5.79. The van der Waals surface area contributed by atoms with Crippen LogP contribution in [-0.2, 0) is 11.3 Å². The Morgan fingerprint density at radius 2 is 1.86 bits per heavy atom. The van der Waals surface area contributed by atoms with Crippen molar-refractivity contribution in [1.29, 1.82) is 0 Å². The summed E-state index contributed by atoms with van der Waals surface area (Å²) in [4.78, 5) is 17.9. The second-order valence-corrected chi connectivity index (χ2v) is 6.62. The molecule has 1 N–H and O–H groups in total. The van der Waals surface area contributed by atoms with E-state index >= 15 is 0 Å². The van der Waals surface area contributed by atoms with Crippen molar-refractivity contribution in [3.8, 4) is 5.75 Å². The fraction of sp³-hybridized carbons (Fsp3) is 0.476. The lowest BCUT2D eigenvalue weighted by Crippen LogP contribution is -2.53. The van der Waals surface area contributed by atoms with Gasteiger partial charge in [-0.1, -0.05) is 18.2 Å². The number of anilines is 1. The molecule has 0 amide bonds. The number of benzene rings is 1. The van der Waals surface area contributed by atoms with Crippen molar-refractivity contribution in [2.75, 3.05) is 57.9 Å². The van der Waals surface area contributed by atoms with E-state index in [0.29, 0.717) is 19.8 Å². The Hall–Kier alpha value is -2.87. The number of para-hydroxylation sites is 1. The summed E-state index contributed by atoms with van der Waals surface area (Å²) in [7, 11) is 1.68. The van der Waals surface area contributed by atoms with Crippen molar-refractivity contribution in [2.24, 2.45) is 4.99 Å². The topological polar surface area (TPSA) is 75.1 Å². The summed E-state index contributed by atoms with van der Waals surface area (Å²) < 4.78 is 11.2. The summed E-state index contributed by atoms with van der Waals surface area (Å²) in [5.74, 6) is 2.57. The van der Waals surface area contributed by atoms with Crippen molar-refractivity contribution in [2.45, 2.75) is 13.5 Å². The van der Waals surface area contributed by atoms with E-state index in [9.17, 15) is 0 Å². The fourth-order valence-electron chi connectivity index (χ4n) is 3.22. The van der Waals surface area contributed by atoms with Gasteiger partial charge in [0.1, 0.15) is 5.75 Å². The van der Waals surface area contributed by atoms with Crippen molar-refractivity contribution < 1.29 is 9.47 Å². The predicted octanol–water partition coefficient (Wildman–Crippen LogP) is 1.79. The maximum Gasteiger partial charge on any atom is 0.225 e. The summed E-state index contributed by atoms with van der Waals surface area (Å²) in [6.45, 7) is 8.12. The van der Waals surface area contributed by atoms with E-state index in [2.05, 4.69) is 32.0 Å². The lowest BCUT2D eigenvalue weighted by molar-refractivity contribution is 0.126. The van der Waals surface area contributed by atoms with Gasteiger partial charge in [0.05, 0.1) is 26.9 Å². The summed E-state index contributed by atoms with van der Waals surface area (Å²) in [6, 6.07) is 9.75. The first-order valence-corrected chi connectivity index (χ1v) is 10.1. The molecule has 0 spiro atoms. The molecule has 0 unspecified atom stereocenters. The van der Waals surface area contributed by atoms with Gasteiger partial charge in [-0.2, -0.15) is 0 Å². The van der Waals surface area contributed by atoms with Crippen molar-refractivity contribution in [3.63, 3.8) is 0 Å². The van der Waals surface area contributed by atoms with Gasteiger partial charge in [0.15, 0.2) is 5.96 Å². The summed E-state index contributed by atoms with van der Waals surface area (Å²) >= 11 is 0. The molecular formula is C21H30N6O2. The van der Waals surface area contributed by atoms with Crippen LogP contribution >= 0.6 is 0 Å². The molecule has 0 saturated carbocycles. The maximum absolute atomic E-state index is 5.79. The number of aromatic nitrogens is 2. The van der Waals surface area contributed by atoms with Crippen LogP contribution in [0.15, 0.2) is 47.7 Å². The minimum absolute atomic E-state index is 0.520. The van der Waals surface area contributed by atoms with Crippen LogP contribution in [0.4, 0.5) is 5.95 Å². The number of aliphatic imine (C=N–C) groups is 1. The molecule has 8 nitrogen and oxygen atoms in total. The lowest BCUT2D eigenvalue weighted by Gasteiger charge is -2.36. The van der Waals surface area contributed by atoms with Crippen molar-refractivity contribution >= 4 is 11.9 Å². The van der Waals surface area contributed by atoms with Crippen LogP contribution in [0.2, 0.25) is 0 Å². The Bertz CT molecular complexity index is 763. The minimum Gasteiger partial charge on any atom is -0.496 e. The average molecular weight is 399 g/mol. The lowest BCUT2D eigenvalue weighted by atomic mass is 10.2. The van der Waals surface area contributed by atoms with Gasteiger partial charge in [-0.05, 0) is 19.1 Å². The zero-order chi connectivity index (χ0) is 20.3. The Kier molecular flexibility index (Phi) is 8.06. The molecular weight excluding hydrogens is 368 g/mol. The van der Waals surface area contributed by atoms with E-state index in [1.165, 1.54) is 0 Å². The number of nitrogens with zero attached hydrogens (tertiary/aromatic N) is 5. The van der Waals surface area contributed by atoms with Crippen LogP contribution in [0.25, 0.3) is 0 Å². The zero-order valence-electron chi connectivity index (χ0n) is 17.3. The molecule has 8 heteroatoms. The predicted molar refractivity (Wildman–Crippen MR) is 114 cm³/mol. The smallest absolute Gasteiger partial charge is 0.225 e. The first kappa shape index (κ1) is 20.9. The molecule has 1 fully saturated rings. The number of nitrogens with one attached hydrogen (secondary N) is 1. The number of guanidine groups is 1. The van der Waals surface area contributed by atoms with Crippen LogP contribution in [0, 0.1) is 0 Å². The van der Waals surface area contributed by atoms with Crippen molar-refractivity contribution in [3.05, 3.63) is 48.3 Å². The molecule has 0 atom stereocenters. The zero-order valence-corrected chi connectivity index (χ0v) is 17.3. The molecule has 156 valence electrons. The van der Waals surface area contributed by atoms with E-state index < -0.39 is 0 Å². The molecule has 0 bridgehead atoms. The van der Waals surface area contributed by atoms with E-state index in [-0.39, 0.29) is 0 Å². The number of ether oxygens (including phenoxy) is 2. The van der Waals surface area contributed by atoms with E-state index in [4.69, 9.17) is 14.5 Å². The Labute approximate surface area is 172 Å². The van der Waals surface area contributed by atoms with E-state index in [1.807, 2.05) is 30.3 Å². The highest BCUT2D eigenvalue weighted by molar-refractivity contribution is 5.80. The molecule has 0 aliphatic carbocycles. The van der Waals surface area contributed by atoms with Gasteiger partial charge in [-0.15, -0.1) is 0 Å². The molecule has 1 saturated heterocycles. The fourth-order valence-corrected chi connectivity index (χ4v) is 3.22. The number of hydrogen-bond donors (Lipinski definition) is 1. The van der Waals surface area contributed by atoms with Gasteiger partial charge in [0.2, 0.25) is 5.95 Å². The molecule has 1 aliphatic rings. The first-order valence-electron chi connectivity index (χ1n) is 10.1. The third-order valence-electron chi connectivity index (χ3n) is 4.70. The third kappa shape index (κ3) is 6.05. The van der Waals surface area contributed by atoms with Gasteiger partial charge < -0.3 is 24.6 Å². The van der Waals surface area contributed by atoms with Crippen LogP contribution < -0.4 is 15.0 Å². The second-order valence-electron chi connectivity index (χ2n) is 6.62. The van der Waals surface area contributed by atoms with Gasteiger partial charge >= 0.3 is 0 Å². The van der Waals surface area contributed by atoms with Gasteiger partial charge in [-0.3, -0.25) is 4.99 Å². The van der Waals surface area contributed by atoms with Gasteiger partial charge in [0, 0.05) is 50.7 Å². The molecule has 29 heavy (non-hydrogen) atoms. The number of piperazine rings is 1. The summed E-state index contributed by atoms with van der Waals surface area (Å²) in [5, 5.41) is 3.38. The Morgan fingerprint density at radius 1 is 1.10 bits per heavy atom. The van der Waals surface area contributed by atoms with E-state index in [1.54, 1.807) is 19.5 Å². The largest absolute Gasteiger partial charge is 0.496 e. The van der Waals surface area contributed by atoms with Gasteiger partial charge in [0.25, 0.3) is 0 Å². The molecule has 0 radical (unpaired) electrons. The standard InChI is InChI=1S/C21H30N6O2/c1-3-22-20(25-11-16-29-17-18-7-4-5-8-19(18)28-2)26-12-14-27(15-13-26)21-23-9-6-10-24-21/h4-10H,3,11-17H2,1-2H3,(H,22,25). The van der Waals surface area contributed by atoms with E-state index in [0.717, 1.165) is 55.9 Å². The molecule has 3 rings (SSSR count). The highest BCUT2D eigenvalue weighted by atomic mass is 16.5. The summed E-state index contributed by atoms with van der Waals surface area (Å²) in [6.07, 6.45) is 3.57. The van der Waals surface area contributed by atoms with Crippen LogP contribution in [0.1, 0.15) is 12.5 Å². The van der Waals surface area contributed by atoms with Crippen molar-refractivity contribution in [1.82, 2.24) is 20.2 Å². The SMILES string of the molecule is CCNC(=NCCOCc1ccccc1OC)N1CCN(c2ncccn2)CC1. The molecule has 1 aliphatic heterocycles. The first-order chi connectivity index (χ1) is 14.3. The Balaban J connectivity index is 1.46. The molecule has 2 aromatic rings. The molecule has 1 aromatic carbocycles. The number of rotatable bonds is 8. The quantitative estimate of drug-likeness (QED) is 0.413. The van der Waals surface area contributed by atoms with Crippen LogP contribution in [0.5, 0.6) is 5.75 Å². The number of methoxy groups -OCH3 is 1. The average Bonchev–Trinajstić information content (AvgIpc) is 2.79. The normalized spacial score (nSPS) is 14.8. The highest BCUT2D eigenvalue weighted by Crippen LogP contribution is 2.17. The number of hydrogen-bond acceptors (Lipinski definition) is 6. The molecule has 2 heterocycles. The Morgan fingerprint density at radius 3 is 2.59 bits per heavy atom.